The molecule has 0 aromatic carbocycles. The van der Waals surface area contributed by atoms with Crippen molar-refractivity contribution in [2.24, 2.45) is 5.92 Å². The van der Waals surface area contributed by atoms with Gasteiger partial charge < -0.3 is 10.1 Å². The molecule has 0 radical (unpaired) electrons. The number of hydrogen-bond acceptors (Lipinski definition) is 3. The van der Waals surface area contributed by atoms with Gasteiger partial charge in [-0.1, -0.05) is 6.92 Å². The van der Waals surface area contributed by atoms with Gasteiger partial charge in [0.05, 0.1) is 24.5 Å². The molecule has 16 heavy (non-hydrogen) atoms. The minimum absolute atomic E-state index is 0.174. The van der Waals surface area contributed by atoms with E-state index in [1.54, 1.807) is 6.07 Å². The highest BCUT2D eigenvalue weighted by molar-refractivity contribution is 5.11. The highest BCUT2D eigenvalue weighted by Gasteiger charge is 2.27. The Labute approximate surface area is 95.0 Å². The maximum atomic E-state index is 12.8. The molecule has 1 aliphatic rings. The van der Waals surface area contributed by atoms with E-state index in [0.29, 0.717) is 5.92 Å². The molecule has 2 rings (SSSR count). The maximum Gasteiger partial charge on any atom is 0.141 e. The molecule has 0 spiro atoms. The van der Waals surface area contributed by atoms with Crippen molar-refractivity contribution in [1.29, 1.82) is 0 Å². The number of rotatable bonds is 4. The molecular formula is C12H17FN2O. The predicted molar refractivity (Wildman–Crippen MR) is 59.5 cm³/mol. The highest BCUT2D eigenvalue weighted by Crippen LogP contribution is 2.27. The first-order valence-electron chi connectivity index (χ1n) is 5.74. The van der Waals surface area contributed by atoms with Crippen molar-refractivity contribution in [3.8, 4) is 0 Å². The van der Waals surface area contributed by atoms with Crippen LogP contribution < -0.4 is 5.32 Å². The highest BCUT2D eigenvalue weighted by atomic mass is 19.1. The van der Waals surface area contributed by atoms with Crippen molar-refractivity contribution in [1.82, 2.24) is 10.3 Å². The second-order valence-corrected chi connectivity index (χ2v) is 4.06. The lowest BCUT2D eigenvalue weighted by Crippen LogP contribution is -2.29. The van der Waals surface area contributed by atoms with Gasteiger partial charge in [0, 0.05) is 12.5 Å². The molecule has 0 amide bonds. The third-order valence-electron chi connectivity index (χ3n) is 2.93. The zero-order valence-electron chi connectivity index (χ0n) is 9.45. The van der Waals surface area contributed by atoms with Crippen molar-refractivity contribution in [3.63, 3.8) is 0 Å². The van der Waals surface area contributed by atoms with Gasteiger partial charge in [-0.15, -0.1) is 0 Å². The molecule has 0 saturated carbocycles. The second kappa shape index (κ2) is 5.37. The Morgan fingerprint density at radius 3 is 3.06 bits per heavy atom. The molecule has 3 nitrogen and oxygen atoms in total. The van der Waals surface area contributed by atoms with Gasteiger partial charge in [-0.2, -0.15) is 0 Å². The molecule has 4 heteroatoms. The summed E-state index contributed by atoms with van der Waals surface area (Å²) >= 11 is 0. The Hall–Kier alpha value is -1.00. The molecule has 1 N–H and O–H groups in total. The third kappa shape index (κ3) is 2.57. The van der Waals surface area contributed by atoms with Crippen LogP contribution in [0.3, 0.4) is 0 Å². The quantitative estimate of drug-likeness (QED) is 0.848. The number of hydrogen-bond donors (Lipinski definition) is 1. The third-order valence-corrected chi connectivity index (χ3v) is 2.93. The van der Waals surface area contributed by atoms with Gasteiger partial charge in [0.15, 0.2) is 0 Å². The summed E-state index contributed by atoms with van der Waals surface area (Å²) in [5.74, 6) is 0.152. The summed E-state index contributed by atoms with van der Waals surface area (Å²) in [6.07, 6.45) is 2.31. The molecule has 2 unspecified atom stereocenters. The van der Waals surface area contributed by atoms with E-state index >= 15 is 0 Å². The Balaban J connectivity index is 2.14. The van der Waals surface area contributed by atoms with Crippen molar-refractivity contribution in [3.05, 3.63) is 29.8 Å². The van der Waals surface area contributed by atoms with Crippen LogP contribution >= 0.6 is 0 Å². The molecule has 2 atom stereocenters. The van der Waals surface area contributed by atoms with Crippen LogP contribution in [0.25, 0.3) is 0 Å². The van der Waals surface area contributed by atoms with Crippen LogP contribution in [0.2, 0.25) is 0 Å². The van der Waals surface area contributed by atoms with Crippen LogP contribution in [0.15, 0.2) is 18.3 Å². The van der Waals surface area contributed by atoms with Crippen molar-refractivity contribution < 1.29 is 9.13 Å². The second-order valence-electron chi connectivity index (χ2n) is 4.06. The van der Waals surface area contributed by atoms with E-state index in [4.69, 9.17) is 4.74 Å². The smallest absolute Gasteiger partial charge is 0.141 e. The maximum absolute atomic E-state index is 12.8. The van der Waals surface area contributed by atoms with E-state index in [2.05, 4.69) is 17.2 Å². The van der Waals surface area contributed by atoms with Gasteiger partial charge in [-0.05, 0) is 25.1 Å². The zero-order valence-corrected chi connectivity index (χ0v) is 9.45. The topological polar surface area (TPSA) is 34.2 Å². The molecule has 1 aromatic heterocycles. The molecular weight excluding hydrogens is 207 g/mol. The number of aromatic nitrogens is 1. The molecule has 2 heterocycles. The summed E-state index contributed by atoms with van der Waals surface area (Å²) in [7, 11) is 0. The fourth-order valence-electron chi connectivity index (χ4n) is 2.12. The number of nitrogens with zero attached hydrogens (tertiary/aromatic N) is 1. The average molecular weight is 224 g/mol. The number of ether oxygens (including phenoxy) is 1. The van der Waals surface area contributed by atoms with Crippen molar-refractivity contribution in [2.75, 3.05) is 19.8 Å². The Bertz CT molecular complexity index is 322. The van der Waals surface area contributed by atoms with E-state index in [1.165, 1.54) is 12.3 Å². The fourth-order valence-corrected chi connectivity index (χ4v) is 2.12. The van der Waals surface area contributed by atoms with Crippen LogP contribution in [-0.4, -0.2) is 24.7 Å². The first kappa shape index (κ1) is 11.5. The first-order valence-corrected chi connectivity index (χ1v) is 5.74. The van der Waals surface area contributed by atoms with Gasteiger partial charge in [0.2, 0.25) is 0 Å². The largest absolute Gasteiger partial charge is 0.381 e. The number of nitrogens with one attached hydrogen (secondary N) is 1. The van der Waals surface area contributed by atoms with E-state index < -0.39 is 0 Å². The summed E-state index contributed by atoms with van der Waals surface area (Å²) in [4.78, 5) is 4.15. The summed E-state index contributed by atoms with van der Waals surface area (Å²) < 4.78 is 18.2. The molecule has 88 valence electrons. The van der Waals surface area contributed by atoms with Gasteiger partial charge in [-0.25, -0.2) is 4.39 Å². The van der Waals surface area contributed by atoms with Gasteiger partial charge >= 0.3 is 0 Å². The SMILES string of the molecule is CCNC(c1ccc(F)cn1)C1CCOC1. The first-order chi connectivity index (χ1) is 7.81. The molecule has 1 aliphatic heterocycles. The average Bonchev–Trinajstić information content (AvgIpc) is 2.81. The predicted octanol–water partition coefficient (Wildman–Crippen LogP) is 1.91. The van der Waals surface area contributed by atoms with Gasteiger partial charge in [0.25, 0.3) is 0 Å². The zero-order chi connectivity index (χ0) is 11.4. The van der Waals surface area contributed by atoms with E-state index in [1.807, 2.05) is 0 Å². The lowest BCUT2D eigenvalue weighted by molar-refractivity contribution is 0.176. The summed E-state index contributed by atoms with van der Waals surface area (Å²) in [6.45, 7) is 4.51. The number of halogens is 1. The molecule has 0 bridgehead atoms. The molecule has 1 saturated heterocycles. The Morgan fingerprint density at radius 2 is 2.50 bits per heavy atom. The summed E-state index contributed by atoms with van der Waals surface area (Å²) in [5.41, 5.74) is 0.902. The number of pyridine rings is 1. The Kier molecular flexibility index (Phi) is 3.85. The molecule has 1 fully saturated rings. The standard InChI is InChI=1S/C12H17FN2O/c1-2-14-12(9-5-6-16-8-9)11-4-3-10(13)7-15-11/h3-4,7,9,12,14H,2,5-6,8H2,1H3. The van der Waals surface area contributed by atoms with Crippen LogP contribution in [0.4, 0.5) is 4.39 Å². The lowest BCUT2D eigenvalue weighted by atomic mass is 9.95. The van der Waals surface area contributed by atoms with Crippen molar-refractivity contribution >= 4 is 0 Å². The van der Waals surface area contributed by atoms with Crippen LogP contribution in [0, 0.1) is 11.7 Å². The molecule has 0 aliphatic carbocycles. The normalized spacial score (nSPS) is 22.2. The minimum Gasteiger partial charge on any atom is -0.381 e. The van der Waals surface area contributed by atoms with Crippen molar-refractivity contribution in [2.45, 2.75) is 19.4 Å². The summed E-state index contributed by atoms with van der Waals surface area (Å²) in [6, 6.07) is 3.39. The Morgan fingerprint density at radius 1 is 1.62 bits per heavy atom. The van der Waals surface area contributed by atoms with Gasteiger partial charge in [0.1, 0.15) is 5.82 Å². The van der Waals surface area contributed by atoms with Crippen LogP contribution in [0.5, 0.6) is 0 Å². The van der Waals surface area contributed by atoms with E-state index in [-0.39, 0.29) is 11.9 Å². The monoisotopic (exact) mass is 224 g/mol. The van der Waals surface area contributed by atoms with E-state index in [0.717, 1.165) is 31.9 Å². The lowest BCUT2D eigenvalue weighted by Gasteiger charge is -2.22. The fraction of sp³-hybridized carbons (Fsp3) is 0.583. The van der Waals surface area contributed by atoms with Crippen LogP contribution in [0.1, 0.15) is 25.1 Å². The minimum atomic E-state index is -0.290. The van der Waals surface area contributed by atoms with Gasteiger partial charge in [-0.3, -0.25) is 4.98 Å². The van der Waals surface area contributed by atoms with Crippen LogP contribution in [-0.2, 0) is 4.74 Å². The summed E-state index contributed by atoms with van der Waals surface area (Å²) in [5, 5.41) is 3.40. The van der Waals surface area contributed by atoms with E-state index in [9.17, 15) is 4.39 Å². The molecule has 1 aromatic rings.